The summed E-state index contributed by atoms with van der Waals surface area (Å²) in [6.45, 7) is 0. The average molecular weight is 385 g/mol. The molecule has 0 bridgehead atoms. The van der Waals surface area contributed by atoms with Crippen molar-refractivity contribution in [3.05, 3.63) is 68.1 Å². The molecule has 5 heteroatoms. The Kier molecular flexibility index (Phi) is 4.25. The van der Waals surface area contributed by atoms with Gasteiger partial charge in [0.2, 0.25) is 0 Å². The Labute approximate surface area is 141 Å². The molecule has 1 N–H and O–H groups in total. The Bertz CT molecular complexity index is 700. The molecule has 1 aliphatic rings. The molecule has 2 atom stereocenters. The molecular weight excluding hydrogens is 373 g/mol. The highest BCUT2D eigenvalue weighted by Crippen LogP contribution is 2.51. The predicted molar refractivity (Wildman–Crippen MR) is 89.8 cm³/mol. The zero-order chi connectivity index (χ0) is 15.0. The first-order valence-corrected chi connectivity index (χ1v) is 8.08. The topological polar surface area (TPSA) is 32.6 Å². The Hall–Kier alpha value is -1.03. The molecule has 0 amide bonds. The minimum absolute atomic E-state index is 0.190. The van der Waals surface area contributed by atoms with Crippen molar-refractivity contribution in [3.8, 4) is 0 Å². The second kappa shape index (κ2) is 5.99. The molecule has 108 valence electrons. The Morgan fingerprint density at radius 1 is 1.14 bits per heavy atom. The lowest BCUT2D eigenvalue weighted by atomic mass is 10.0. The second-order valence-corrected chi connectivity index (χ2v) is 6.87. The van der Waals surface area contributed by atoms with E-state index in [1.165, 1.54) is 0 Å². The first kappa shape index (κ1) is 14.9. The maximum absolute atomic E-state index is 9.36. The lowest BCUT2D eigenvalue weighted by Gasteiger charge is -2.06. The number of rotatable bonds is 3. The van der Waals surface area contributed by atoms with Gasteiger partial charge in [-0.15, -0.1) is 0 Å². The maximum atomic E-state index is 9.36. The van der Waals surface area contributed by atoms with Crippen molar-refractivity contribution in [1.82, 2.24) is 0 Å². The van der Waals surface area contributed by atoms with Crippen LogP contribution in [0.1, 0.15) is 23.5 Å². The molecule has 0 aromatic heterocycles. The van der Waals surface area contributed by atoms with E-state index in [4.69, 9.17) is 23.2 Å². The van der Waals surface area contributed by atoms with Crippen molar-refractivity contribution < 1.29 is 5.21 Å². The summed E-state index contributed by atoms with van der Waals surface area (Å²) in [4.78, 5) is 0. The van der Waals surface area contributed by atoms with Gasteiger partial charge < -0.3 is 5.21 Å². The Balaban J connectivity index is 1.84. The lowest BCUT2D eigenvalue weighted by molar-refractivity contribution is 0.317. The van der Waals surface area contributed by atoms with Gasteiger partial charge in [-0.2, -0.15) is 0 Å². The quantitative estimate of drug-likeness (QED) is 0.408. The van der Waals surface area contributed by atoms with Crippen molar-refractivity contribution in [2.24, 2.45) is 11.1 Å². The minimum atomic E-state index is 0.190. The number of benzene rings is 2. The van der Waals surface area contributed by atoms with Gasteiger partial charge in [0.1, 0.15) is 0 Å². The SMILES string of the molecule is ON=C(c1ccc(Br)cc1)[C@@H]1C[C@@H]1c1ccc(Cl)cc1Cl. The van der Waals surface area contributed by atoms with Gasteiger partial charge in [-0.25, -0.2) is 0 Å². The van der Waals surface area contributed by atoms with Crippen LogP contribution in [0.15, 0.2) is 52.1 Å². The standard InChI is InChI=1S/C16H12BrCl2NO/c17-10-3-1-9(2-4-10)16(20-21)14-8-13(14)12-6-5-11(18)7-15(12)19/h1-7,13-14,21H,8H2/t13-,14-/m1/s1. The normalized spacial score (nSPS) is 21.4. The van der Waals surface area contributed by atoms with E-state index in [9.17, 15) is 5.21 Å². The van der Waals surface area contributed by atoms with Gasteiger partial charge in [0.25, 0.3) is 0 Å². The minimum Gasteiger partial charge on any atom is -0.411 e. The Morgan fingerprint density at radius 3 is 2.48 bits per heavy atom. The maximum Gasteiger partial charge on any atom is 0.0904 e. The molecular formula is C16H12BrCl2NO. The zero-order valence-corrected chi connectivity index (χ0v) is 14.0. The third-order valence-electron chi connectivity index (χ3n) is 3.75. The summed E-state index contributed by atoms with van der Waals surface area (Å²) in [5, 5.41) is 14.2. The summed E-state index contributed by atoms with van der Waals surface area (Å²) < 4.78 is 0.997. The summed E-state index contributed by atoms with van der Waals surface area (Å²) in [5.74, 6) is 0.471. The van der Waals surface area contributed by atoms with Gasteiger partial charge in [-0.1, -0.05) is 62.5 Å². The van der Waals surface area contributed by atoms with Gasteiger partial charge in [0.05, 0.1) is 5.71 Å². The van der Waals surface area contributed by atoms with Crippen LogP contribution < -0.4 is 0 Å². The summed E-state index contributed by atoms with van der Waals surface area (Å²) in [6, 6.07) is 13.3. The van der Waals surface area contributed by atoms with Crippen molar-refractivity contribution in [2.75, 3.05) is 0 Å². The number of halogens is 3. The molecule has 0 heterocycles. The van der Waals surface area contributed by atoms with Crippen LogP contribution in [0.2, 0.25) is 10.0 Å². The van der Waals surface area contributed by atoms with Gasteiger partial charge in [-0.3, -0.25) is 0 Å². The predicted octanol–water partition coefficient (Wildman–Crippen LogP) is 5.74. The van der Waals surface area contributed by atoms with E-state index in [1.807, 2.05) is 36.4 Å². The number of nitrogens with zero attached hydrogens (tertiary/aromatic N) is 1. The highest BCUT2D eigenvalue weighted by atomic mass is 79.9. The summed E-state index contributed by atoms with van der Waals surface area (Å²) >= 11 is 15.6. The van der Waals surface area contributed by atoms with Gasteiger partial charge in [-0.05, 0) is 47.7 Å². The third kappa shape index (κ3) is 3.10. The van der Waals surface area contributed by atoms with Gasteiger partial charge >= 0.3 is 0 Å². The molecule has 1 fully saturated rings. The van der Waals surface area contributed by atoms with E-state index in [2.05, 4.69) is 21.1 Å². The summed E-state index contributed by atoms with van der Waals surface area (Å²) in [5.41, 5.74) is 2.70. The smallest absolute Gasteiger partial charge is 0.0904 e. The number of oxime groups is 1. The summed E-state index contributed by atoms with van der Waals surface area (Å²) in [6.07, 6.45) is 0.927. The fourth-order valence-corrected chi connectivity index (χ4v) is 3.42. The first-order chi connectivity index (χ1) is 10.1. The van der Waals surface area contributed by atoms with E-state index in [0.29, 0.717) is 15.8 Å². The van der Waals surface area contributed by atoms with Crippen LogP contribution in [-0.4, -0.2) is 10.9 Å². The molecule has 2 nitrogen and oxygen atoms in total. The van der Waals surface area contributed by atoms with Gasteiger partial charge in [0.15, 0.2) is 0 Å². The molecule has 1 saturated carbocycles. The summed E-state index contributed by atoms with van der Waals surface area (Å²) in [7, 11) is 0. The zero-order valence-electron chi connectivity index (χ0n) is 10.9. The van der Waals surface area contributed by atoms with Crippen LogP contribution in [0.3, 0.4) is 0 Å². The molecule has 2 aromatic carbocycles. The third-order valence-corrected chi connectivity index (χ3v) is 4.84. The highest BCUT2D eigenvalue weighted by molar-refractivity contribution is 9.10. The molecule has 1 aliphatic carbocycles. The fraction of sp³-hybridized carbons (Fsp3) is 0.188. The molecule has 0 unspecified atom stereocenters. The Morgan fingerprint density at radius 2 is 1.86 bits per heavy atom. The number of hydrogen-bond donors (Lipinski definition) is 1. The molecule has 21 heavy (non-hydrogen) atoms. The van der Waals surface area contributed by atoms with E-state index in [0.717, 1.165) is 22.0 Å². The molecule has 0 spiro atoms. The first-order valence-electron chi connectivity index (χ1n) is 6.53. The number of hydrogen-bond acceptors (Lipinski definition) is 2. The fourth-order valence-electron chi connectivity index (χ4n) is 2.61. The van der Waals surface area contributed by atoms with Crippen LogP contribution >= 0.6 is 39.1 Å². The van der Waals surface area contributed by atoms with Crippen LogP contribution in [0.5, 0.6) is 0 Å². The molecule has 0 radical (unpaired) electrons. The van der Waals surface area contributed by atoms with Crippen molar-refractivity contribution in [3.63, 3.8) is 0 Å². The lowest BCUT2D eigenvalue weighted by Crippen LogP contribution is -2.05. The van der Waals surface area contributed by atoms with E-state index in [-0.39, 0.29) is 11.8 Å². The van der Waals surface area contributed by atoms with Gasteiger partial charge in [0, 0.05) is 20.4 Å². The van der Waals surface area contributed by atoms with E-state index < -0.39 is 0 Å². The monoisotopic (exact) mass is 383 g/mol. The van der Waals surface area contributed by atoms with Crippen molar-refractivity contribution >= 4 is 44.8 Å². The molecule has 2 aromatic rings. The largest absolute Gasteiger partial charge is 0.411 e. The van der Waals surface area contributed by atoms with Crippen LogP contribution in [0.4, 0.5) is 0 Å². The molecule has 0 saturated heterocycles. The highest BCUT2D eigenvalue weighted by Gasteiger charge is 2.43. The van der Waals surface area contributed by atoms with Crippen LogP contribution in [0.25, 0.3) is 0 Å². The second-order valence-electron chi connectivity index (χ2n) is 5.11. The van der Waals surface area contributed by atoms with Crippen LogP contribution in [0, 0.1) is 5.92 Å². The van der Waals surface area contributed by atoms with E-state index in [1.54, 1.807) is 6.07 Å². The van der Waals surface area contributed by atoms with Crippen LogP contribution in [-0.2, 0) is 0 Å². The molecule has 3 rings (SSSR count). The van der Waals surface area contributed by atoms with Crippen molar-refractivity contribution in [1.29, 1.82) is 0 Å². The van der Waals surface area contributed by atoms with Crippen molar-refractivity contribution in [2.45, 2.75) is 12.3 Å². The van der Waals surface area contributed by atoms with E-state index >= 15 is 0 Å². The average Bonchev–Trinajstić information content (AvgIpc) is 3.22. The molecule has 0 aliphatic heterocycles.